The lowest BCUT2D eigenvalue weighted by molar-refractivity contribution is -0.131. The van der Waals surface area contributed by atoms with Gasteiger partial charge in [0.05, 0.1) is 6.42 Å². The topological polar surface area (TPSA) is 74.5 Å². The van der Waals surface area contributed by atoms with E-state index in [0.717, 1.165) is 36.5 Å². The van der Waals surface area contributed by atoms with Crippen molar-refractivity contribution in [2.45, 2.75) is 31.8 Å². The van der Waals surface area contributed by atoms with Crippen molar-refractivity contribution in [3.8, 4) is 0 Å². The molecule has 7 nitrogen and oxygen atoms in total. The van der Waals surface area contributed by atoms with Gasteiger partial charge in [-0.1, -0.05) is 12.1 Å². The summed E-state index contributed by atoms with van der Waals surface area (Å²) in [4.78, 5) is 16.7. The number of anilines is 1. The number of carbonyl (C=O) groups is 1. The number of aromatic nitrogens is 3. The Kier molecular flexibility index (Phi) is 5.56. The molecule has 1 aromatic carbocycles. The molecule has 0 radical (unpaired) electrons. The Hall–Kier alpha value is -2.41. The zero-order valence-electron chi connectivity index (χ0n) is 15.7. The van der Waals surface area contributed by atoms with Crippen LogP contribution in [0.2, 0.25) is 0 Å². The summed E-state index contributed by atoms with van der Waals surface area (Å²) in [7, 11) is 5.87. The summed E-state index contributed by atoms with van der Waals surface area (Å²) in [6, 6.07) is 8.12. The second-order valence-electron chi connectivity index (χ2n) is 7.11. The van der Waals surface area contributed by atoms with E-state index >= 15 is 0 Å². The van der Waals surface area contributed by atoms with Crippen LogP contribution in [0.4, 0.5) is 5.69 Å². The van der Waals surface area contributed by atoms with Crippen LogP contribution in [-0.2, 0) is 24.9 Å². The molecule has 0 spiro atoms. The number of nitrogens with zero attached hydrogens (tertiary/aromatic N) is 5. The van der Waals surface area contributed by atoms with Crippen LogP contribution in [0.5, 0.6) is 0 Å². The summed E-state index contributed by atoms with van der Waals surface area (Å²) >= 11 is 0. The van der Waals surface area contributed by atoms with Crippen LogP contribution >= 0.6 is 0 Å². The molecular weight excluding hydrogens is 330 g/mol. The first-order valence-electron chi connectivity index (χ1n) is 9.02. The first-order valence-corrected chi connectivity index (χ1v) is 9.02. The highest BCUT2D eigenvalue weighted by molar-refractivity contribution is 5.79. The molecule has 1 unspecified atom stereocenters. The summed E-state index contributed by atoms with van der Waals surface area (Å²) in [5.74, 6) is 1.73. The van der Waals surface area contributed by atoms with Gasteiger partial charge in [0.1, 0.15) is 12.4 Å². The lowest BCUT2D eigenvalue weighted by Crippen LogP contribution is -2.40. The molecule has 26 heavy (non-hydrogen) atoms. The van der Waals surface area contributed by atoms with Gasteiger partial charge in [-0.2, -0.15) is 0 Å². The normalized spacial score (nSPS) is 17.4. The predicted molar refractivity (Wildman–Crippen MR) is 100.0 cm³/mol. The van der Waals surface area contributed by atoms with E-state index in [1.807, 2.05) is 59.8 Å². The van der Waals surface area contributed by atoms with Gasteiger partial charge < -0.3 is 19.5 Å². The van der Waals surface area contributed by atoms with Gasteiger partial charge in [-0.3, -0.25) is 4.79 Å². The van der Waals surface area contributed by atoms with E-state index < -0.39 is 0 Å². The Bertz CT molecular complexity index is 754. The molecule has 1 aromatic heterocycles. The number of carbonyl (C=O) groups excluding carboxylic acids is 1. The first-order chi connectivity index (χ1) is 12.5. The standard InChI is InChI=1S/C19H27N5O2/c1-22(2)16-8-6-14(7-9-16)11-18(26)24-10-4-5-15(12-24)19-21-20-17(13-25)23(19)3/h6-9,15,25H,4-5,10-13H2,1-3H3. The van der Waals surface area contributed by atoms with E-state index in [-0.39, 0.29) is 18.4 Å². The lowest BCUT2D eigenvalue weighted by atomic mass is 9.96. The van der Waals surface area contributed by atoms with Crippen molar-refractivity contribution in [2.75, 3.05) is 32.1 Å². The third-order valence-corrected chi connectivity index (χ3v) is 5.09. The monoisotopic (exact) mass is 357 g/mol. The number of rotatable bonds is 5. The van der Waals surface area contributed by atoms with Crippen LogP contribution in [0.1, 0.15) is 36.0 Å². The average molecular weight is 357 g/mol. The number of piperidine rings is 1. The van der Waals surface area contributed by atoms with Crippen LogP contribution in [0.25, 0.3) is 0 Å². The Morgan fingerprint density at radius 1 is 1.27 bits per heavy atom. The van der Waals surface area contributed by atoms with Crippen LogP contribution in [-0.4, -0.2) is 57.9 Å². The zero-order valence-corrected chi connectivity index (χ0v) is 15.7. The highest BCUT2D eigenvalue weighted by atomic mass is 16.3. The van der Waals surface area contributed by atoms with Crippen LogP contribution in [0, 0.1) is 0 Å². The minimum atomic E-state index is -0.123. The molecule has 1 N–H and O–H groups in total. The quantitative estimate of drug-likeness (QED) is 0.874. The molecule has 0 bridgehead atoms. The zero-order chi connectivity index (χ0) is 18.7. The van der Waals surface area contributed by atoms with E-state index in [0.29, 0.717) is 18.8 Å². The first kappa shape index (κ1) is 18.4. The predicted octanol–water partition coefficient (Wildman–Crippen LogP) is 1.32. The number of hydrogen-bond donors (Lipinski definition) is 1. The molecule has 1 aliphatic rings. The van der Waals surface area contributed by atoms with Crippen molar-refractivity contribution < 1.29 is 9.90 Å². The maximum Gasteiger partial charge on any atom is 0.227 e. The molecule has 1 fully saturated rings. The molecule has 7 heteroatoms. The highest BCUT2D eigenvalue weighted by Crippen LogP contribution is 2.26. The fraction of sp³-hybridized carbons (Fsp3) is 0.526. The van der Waals surface area contributed by atoms with Crippen molar-refractivity contribution in [3.05, 3.63) is 41.5 Å². The number of amides is 1. The summed E-state index contributed by atoms with van der Waals surface area (Å²) in [5.41, 5.74) is 2.16. The molecule has 1 atom stereocenters. The molecule has 2 heterocycles. The Morgan fingerprint density at radius 3 is 2.62 bits per heavy atom. The van der Waals surface area contributed by atoms with Crippen molar-refractivity contribution in [1.29, 1.82) is 0 Å². The summed E-state index contributed by atoms with van der Waals surface area (Å²) in [6.45, 7) is 1.32. The Morgan fingerprint density at radius 2 is 2.00 bits per heavy atom. The van der Waals surface area contributed by atoms with Crippen molar-refractivity contribution in [1.82, 2.24) is 19.7 Å². The van der Waals surface area contributed by atoms with Gasteiger partial charge >= 0.3 is 0 Å². The number of aliphatic hydroxyl groups is 1. The molecule has 140 valence electrons. The van der Waals surface area contributed by atoms with E-state index in [9.17, 15) is 9.90 Å². The molecule has 2 aromatic rings. The second-order valence-corrected chi connectivity index (χ2v) is 7.11. The van der Waals surface area contributed by atoms with Crippen molar-refractivity contribution in [3.63, 3.8) is 0 Å². The van der Waals surface area contributed by atoms with E-state index in [2.05, 4.69) is 10.2 Å². The minimum Gasteiger partial charge on any atom is -0.388 e. The van der Waals surface area contributed by atoms with Crippen molar-refractivity contribution in [2.24, 2.45) is 7.05 Å². The molecule has 0 aliphatic carbocycles. The summed E-state index contributed by atoms with van der Waals surface area (Å²) in [6.07, 6.45) is 2.36. The summed E-state index contributed by atoms with van der Waals surface area (Å²) < 4.78 is 1.85. The second kappa shape index (κ2) is 7.86. The Balaban J connectivity index is 1.65. The molecule has 3 rings (SSSR count). The summed E-state index contributed by atoms with van der Waals surface area (Å²) in [5, 5.41) is 17.5. The van der Waals surface area contributed by atoms with Crippen molar-refractivity contribution >= 4 is 11.6 Å². The average Bonchev–Trinajstić information content (AvgIpc) is 3.03. The lowest BCUT2D eigenvalue weighted by Gasteiger charge is -2.32. The van der Waals surface area contributed by atoms with E-state index in [1.54, 1.807) is 0 Å². The molecular formula is C19H27N5O2. The van der Waals surface area contributed by atoms with Crippen LogP contribution < -0.4 is 4.90 Å². The molecule has 0 saturated carbocycles. The highest BCUT2D eigenvalue weighted by Gasteiger charge is 2.28. The van der Waals surface area contributed by atoms with Gasteiger partial charge in [0, 0.05) is 45.8 Å². The van der Waals surface area contributed by atoms with Gasteiger partial charge in [0.25, 0.3) is 0 Å². The third kappa shape index (κ3) is 3.88. The number of benzene rings is 1. The largest absolute Gasteiger partial charge is 0.388 e. The van der Waals surface area contributed by atoms with Gasteiger partial charge in [-0.15, -0.1) is 10.2 Å². The van der Waals surface area contributed by atoms with Gasteiger partial charge in [0.15, 0.2) is 5.82 Å². The van der Waals surface area contributed by atoms with Gasteiger partial charge in [-0.25, -0.2) is 0 Å². The fourth-order valence-corrected chi connectivity index (χ4v) is 3.48. The number of likely N-dealkylation sites (tertiary alicyclic amines) is 1. The maximum absolute atomic E-state index is 12.7. The minimum absolute atomic E-state index is 0.123. The van der Waals surface area contributed by atoms with Crippen LogP contribution in [0.3, 0.4) is 0 Å². The van der Waals surface area contributed by atoms with E-state index in [1.165, 1.54) is 0 Å². The fourth-order valence-electron chi connectivity index (χ4n) is 3.48. The third-order valence-electron chi connectivity index (χ3n) is 5.09. The SMILES string of the molecule is CN(C)c1ccc(CC(=O)N2CCCC(c3nnc(CO)n3C)C2)cc1. The maximum atomic E-state index is 12.7. The molecule has 1 aliphatic heterocycles. The number of hydrogen-bond acceptors (Lipinski definition) is 5. The molecule has 1 amide bonds. The van der Waals surface area contributed by atoms with Crippen LogP contribution in [0.15, 0.2) is 24.3 Å². The smallest absolute Gasteiger partial charge is 0.227 e. The Labute approximate surface area is 154 Å². The van der Waals surface area contributed by atoms with Gasteiger partial charge in [0.2, 0.25) is 5.91 Å². The van der Waals surface area contributed by atoms with E-state index in [4.69, 9.17) is 0 Å². The number of aliphatic hydroxyl groups excluding tert-OH is 1. The van der Waals surface area contributed by atoms with Gasteiger partial charge in [-0.05, 0) is 30.5 Å². The molecule has 1 saturated heterocycles.